The molecule has 1 atom stereocenters. The first-order valence-electron chi connectivity index (χ1n) is 24.2. The molecule has 0 aromatic heterocycles. The van der Waals surface area contributed by atoms with Crippen LogP contribution in [0.1, 0.15) is 239 Å². The predicted octanol–water partition coefficient (Wildman–Crippen LogP) is 16.0. The van der Waals surface area contributed by atoms with E-state index in [4.69, 9.17) is 14.2 Å². The Kier molecular flexibility index (Phi) is 45.4. The zero-order valence-electron chi connectivity index (χ0n) is 37.4. The molecule has 0 saturated heterocycles. The Hall–Kier alpha value is -2.14. The van der Waals surface area contributed by atoms with Gasteiger partial charge < -0.3 is 14.2 Å². The third-order valence-electron chi connectivity index (χ3n) is 10.4. The van der Waals surface area contributed by atoms with E-state index < -0.39 is 6.10 Å². The number of hydrogen-bond acceptors (Lipinski definition) is 5. The average Bonchev–Trinajstić information content (AvgIpc) is 3.20. The number of hydrogen-bond donors (Lipinski definition) is 0. The van der Waals surface area contributed by atoms with E-state index >= 15 is 0 Å². The van der Waals surface area contributed by atoms with Crippen molar-refractivity contribution in [1.82, 2.24) is 0 Å². The molecule has 0 aliphatic carbocycles. The van der Waals surface area contributed by atoms with Gasteiger partial charge in [0.1, 0.15) is 6.61 Å². The van der Waals surface area contributed by atoms with E-state index in [-0.39, 0.29) is 25.2 Å². The van der Waals surface area contributed by atoms with Crippen molar-refractivity contribution in [1.29, 1.82) is 0 Å². The molecule has 0 spiro atoms. The zero-order valence-corrected chi connectivity index (χ0v) is 37.4. The van der Waals surface area contributed by atoms with Crippen molar-refractivity contribution in [2.75, 3.05) is 19.8 Å². The second kappa shape index (κ2) is 47.2. The van der Waals surface area contributed by atoms with Gasteiger partial charge in [0.2, 0.25) is 0 Å². The highest BCUT2D eigenvalue weighted by Crippen LogP contribution is 2.15. The lowest BCUT2D eigenvalue weighted by atomic mass is 10.1. The molecule has 0 aliphatic heterocycles. The van der Waals surface area contributed by atoms with Crippen LogP contribution in [-0.2, 0) is 23.8 Å². The molecule has 1 unspecified atom stereocenters. The third kappa shape index (κ3) is 44.6. The predicted molar refractivity (Wildman–Crippen MR) is 242 cm³/mol. The van der Waals surface area contributed by atoms with Crippen LogP contribution in [0.5, 0.6) is 0 Å². The molecule has 0 bridgehead atoms. The summed E-state index contributed by atoms with van der Waals surface area (Å²) in [4.78, 5) is 25.2. The summed E-state index contributed by atoms with van der Waals surface area (Å²) in [5.74, 6) is -0.401. The molecular weight excluding hydrogens is 693 g/mol. The van der Waals surface area contributed by atoms with Crippen molar-refractivity contribution in [2.45, 2.75) is 245 Å². The van der Waals surface area contributed by atoms with E-state index in [1.807, 2.05) is 0 Å². The standard InChI is InChI=1S/C51H92O5/c1-4-7-10-13-16-19-22-23-24-25-26-27-28-31-34-37-40-43-46-54-47-49(56-51(53)45-42-39-36-33-30-21-18-15-12-9-6-3)48-55-50(52)44-41-38-35-32-29-20-17-14-11-8-5-2/h7,10,16,19,23-24,26-27,49H,4-6,8-9,11-15,17-18,20-22,25,28-48H2,1-3H3/b10-7-,19-16-,24-23-,27-26-. The van der Waals surface area contributed by atoms with Gasteiger partial charge in [-0.2, -0.15) is 0 Å². The maximum atomic E-state index is 12.7. The summed E-state index contributed by atoms with van der Waals surface area (Å²) < 4.78 is 17.3. The number of unbranched alkanes of at least 4 members (excludes halogenated alkanes) is 25. The quantitative estimate of drug-likeness (QED) is 0.0350. The minimum atomic E-state index is -0.539. The lowest BCUT2D eigenvalue weighted by molar-refractivity contribution is -0.163. The monoisotopic (exact) mass is 785 g/mol. The van der Waals surface area contributed by atoms with Gasteiger partial charge in [0.05, 0.1) is 6.61 Å². The van der Waals surface area contributed by atoms with Crippen LogP contribution in [0.25, 0.3) is 0 Å². The fourth-order valence-corrected chi connectivity index (χ4v) is 6.80. The fourth-order valence-electron chi connectivity index (χ4n) is 6.80. The van der Waals surface area contributed by atoms with E-state index in [0.717, 1.165) is 70.6 Å². The van der Waals surface area contributed by atoms with Crippen LogP contribution < -0.4 is 0 Å². The Bertz CT molecular complexity index is 935. The SMILES string of the molecule is CC/C=C\C/C=C\C/C=C\C/C=C\CCCCCCCOCC(COC(=O)CCCCCCCCCCCCC)OC(=O)CCCCCCCCCCCCC. The molecule has 0 radical (unpaired) electrons. The molecule has 0 saturated carbocycles. The lowest BCUT2D eigenvalue weighted by Gasteiger charge is -2.18. The van der Waals surface area contributed by atoms with E-state index in [1.165, 1.54) is 135 Å². The average molecular weight is 785 g/mol. The summed E-state index contributed by atoms with van der Waals surface area (Å²) in [7, 11) is 0. The largest absolute Gasteiger partial charge is 0.462 e. The third-order valence-corrected chi connectivity index (χ3v) is 10.4. The first-order valence-corrected chi connectivity index (χ1v) is 24.2. The molecule has 5 nitrogen and oxygen atoms in total. The van der Waals surface area contributed by atoms with Crippen LogP contribution in [0.3, 0.4) is 0 Å². The Labute approximate surface area is 348 Å². The van der Waals surface area contributed by atoms with Crippen molar-refractivity contribution >= 4 is 11.9 Å². The maximum Gasteiger partial charge on any atom is 0.306 e. The second-order valence-electron chi connectivity index (χ2n) is 16.0. The van der Waals surface area contributed by atoms with Gasteiger partial charge in [-0.25, -0.2) is 0 Å². The summed E-state index contributed by atoms with van der Waals surface area (Å²) in [6, 6.07) is 0. The topological polar surface area (TPSA) is 61.8 Å². The fraction of sp³-hybridized carbons (Fsp3) is 0.804. The Morgan fingerprint density at radius 2 is 0.804 bits per heavy atom. The van der Waals surface area contributed by atoms with Crippen LogP contribution in [0.4, 0.5) is 0 Å². The molecule has 56 heavy (non-hydrogen) atoms. The minimum absolute atomic E-state index is 0.0815. The number of ether oxygens (including phenoxy) is 3. The normalized spacial score (nSPS) is 12.6. The Morgan fingerprint density at radius 3 is 1.29 bits per heavy atom. The van der Waals surface area contributed by atoms with E-state index in [2.05, 4.69) is 69.4 Å². The van der Waals surface area contributed by atoms with Crippen LogP contribution in [-0.4, -0.2) is 37.9 Å². The van der Waals surface area contributed by atoms with Gasteiger partial charge in [-0.1, -0.05) is 217 Å². The van der Waals surface area contributed by atoms with Crippen LogP contribution >= 0.6 is 0 Å². The summed E-state index contributed by atoms with van der Waals surface area (Å²) in [6.45, 7) is 7.68. The number of esters is 2. The molecule has 0 fully saturated rings. The number of rotatable bonds is 44. The van der Waals surface area contributed by atoms with Crippen LogP contribution in [0, 0.1) is 0 Å². The van der Waals surface area contributed by atoms with E-state index in [1.54, 1.807) is 0 Å². The molecule has 0 rings (SSSR count). The van der Waals surface area contributed by atoms with E-state index in [0.29, 0.717) is 19.4 Å². The Balaban J connectivity index is 4.25. The molecular formula is C51H92O5. The molecule has 326 valence electrons. The molecule has 0 heterocycles. The Morgan fingerprint density at radius 1 is 0.411 bits per heavy atom. The minimum Gasteiger partial charge on any atom is -0.462 e. The van der Waals surface area contributed by atoms with Gasteiger partial charge in [0.25, 0.3) is 0 Å². The van der Waals surface area contributed by atoms with Gasteiger partial charge >= 0.3 is 11.9 Å². The number of carbonyl (C=O) groups is 2. The summed E-state index contributed by atoms with van der Waals surface area (Å²) in [5, 5.41) is 0. The van der Waals surface area contributed by atoms with Gasteiger partial charge in [0.15, 0.2) is 6.10 Å². The maximum absolute atomic E-state index is 12.7. The molecule has 0 aromatic carbocycles. The van der Waals surface area contributed by atoms with E-state index in [9.17, 15) is 9.59 Å². The first-order chi connectivity index (χ1) is 27.6. The van der Waals surface area contributed by atoms with Crippen molar-refractivity contribution < 1.29 is 23.8 Å². The van der Waals surface area contributed by atoms with Gasteiger partial charge in [-0.3, -0.25) is 9.59 Å². The van der Waals surface area contributed by atoms with Crippen molar-refractivity contribution in [2.24, 2.45) is 0 Å². The molecule has 0 aliphatic rings. The van der Waals surface area contributed by atoms with Crippen LogP contribution in [0.15, 0.2) is 48.6 Å². The highest BCUT2D eigenvalue weighted by molar-refractivity contribution is 5.70. The summed E-state index contributed by atoms with van der Waals surface area (Å²) >= 11 is 0. The highest BCUT2D eigenvalue weighted by Gasteiger charge is 2.17. The summed E-state index contributed by atoms with van der Waals surface area (Å²) in [6.07, 6.45) is 56.8. The summed E-state index contributed by atoms with van der Waals surface area (Å²) in [5.41, 5.74) is 0. The van der Waals surface area contributed by atoms with Crippen molar-refractivity contribution in [3.63, 3.8) is 0 Å². The van der Waals surface area contributed by atoms with Crippen molar-refractivity contribution in [3.8, 4) is 0 Å². The molecule has 0 N–H and O–H groups in total. The molecule has 5 heteroatoms. The van der Waals surface area contributed by atoms with Crippen LogP contribution in [0.2, 0.25) is 0 Å². The number of allylic oxidation sites excluding steroid dienone is 8. The molecule has 0 amide bonds. The van der Waals surface area contributed by atoms with Gasteiger partial charge in [0, 0.05) is 19.4 Å². The highest BCUT2D eigenvalue weighted by atomic mass is 16.6. The number of carbonyl (C=O) groups excluding carboxylic acids is 2. The zero-order chi connectivity index (χ0) is 40.7. The molecule has 0 aromatic rings. The smallest absolute Gasteiger partial charge is 0.306 e. The van der Waals surface area contributed by atoms with Crippen molar-refractivity contribution in [3.05, 3.63) is 48.6 Å². The van der Waals surface area contributed by atoms with Gasteiger partial charge in [-0.05, 0) is 57.8 Å². The second-order valence-corrected chi connectivity index (χ2v) is 16.0. The first kappa shape index (κ1) is 53.9. The van der Waals surface area contributed by atoms with Gasteiger partial charge in [-0.15, -0.1) is 0 Å². The lowest BCUT2D eigenvalue weighted by Crippen LogP contribution is -2.30.